The lowest BCUT2D eigenvalue weighted by atomic mass is 10.0. The van der Waals surface area contributed by atoms with Crippen LogP contribution in [0.25, 0.3) is 116 Å². The molecule has 0 saturated carbocycles. The van der Waals surface area contributed by atoms with Gasteiger partial charge in [-0.05, 0) is 96.1 Å². The van der Waals surface area contributed by atoms with E-state index in [4.69, 9.17) is 4.42 Å². The highest BCUT2D eigenvalue weighted by Crippen LogP contribution is 2.40. The maximum absolute atomic E-state index is 6.38. The molecule has 4 aromatic heterocycles. The van der Waals surface area contributed by atoms with Crippen LogP contribution in [0.1, 0.15) is 0 Å². The molecule has 0 aliphatic carbocycles. The topological polar surface area (TPSA) is 27.9 Å². The quantitative estimate of drug-likeness (QED) is 0.177. The first-order chi connectivity index (χ1) is 28.8. The van der Waals surface area contributed by atoms with Gasteiger partial charge in [-0.25, -0.2) is 0 Å². The van der Waals surface area contributed by atoms with Crippen LogP contribution >= 0.6 is 0 Å². The number of benzene rings is 9. The Kier molecular flexibility index (Phi) is 6.41. The van der Waals surface area contributed by atoms with Crippen molar-refractivity contribution >= 4 is 87.4 Å². The fraction of sp³-hybridized carbons (Fsp3) is 0. The van der Waals surface area contributed by atoms with Gasteiger partial charge in [-0.3, -0.25) is 0 Å². The van der Waals surface area contributed by atoms with Crippen LogP contribution < -0.4 is 0 Å². The molecular formula is C54H33N3O. The predicted octanol–water partition coefficient (Wildman–Crippen LogP) is 14.5. The fourth-order valence-electron chi connectivity index (χ4n) is 9.67. The molecule has 9 aromatic carbocycles. The van der Waals surface area contributed by atoms with Gasteiger partial charge in [-0.1, -0.05) is 109 Å². The summed E-state index contributed by atoms with van der Waals surface area (Å²) in [5.41, 5.74) is 14.7. The highest BCUT2D eigenvalue weighted by molar-refractivity contribution is 6.14. The summed E-state index contributed by atoms with van der Waals surface area (Å²) in [4.78, 5) is 0. The minimum atomic E-state index is 0.889. The van der Waals surface area contributed by atoms with Crippen LogP contribution in [-0.2, 0) is 0 Å². The molecule has 0 fully saturated rings. The smallest absolute Gasteiger partial charge is 0.137 e. The van der Waals surface area contributed by atoms with Crippen molar-refractivity contribution in [2.75, 3.05) is 0 Å². The van der Waals surface area contributed by atoms with Crippen LogP contribution in [-0.4, -0.2) is 13.7 Å². The number of hydrogen-bond donors (Lipinski definition) is 0. The molecular weight excluding hydrogens is 707 g/mol. The first-order valence-electron chi connectivity index (χ1n) is 19.8. The third-order valence-electron chi connectivity index (χ3n) is 12.2. The fourth-order valence-corrected chi connectivity index (χ4v) is 9.67. The standard InChI is InChI=1S/C54H33N3O/c1-2-12-36(13-3-1)55-48-19-9-5-15-40(48)45-30-34(22-28-50(45)55)35-23-29-51-46(31-35)41-16-6-10-20-49(41)56(51)37-24-26-42-39-14-4-8-18-47(39)57(52(42)32-37)38-25-27-44-43-17-7-11-21-53(43)58-54(44)33-38/h1-33H. The van der Waals surface area contributed by atoms with E-state index in [1.165, 1.54) is 76.7 Å². The second kappa shape index (κ2) is 11.8. The minimum Gasteiger partial charge on any atom is -0.456 e. The van der Waals surface area contributed by atoms with E-state index >= 15 is 0 Å². The lowest BCUT2D eigenvalue weighted by Crippen LogP contribution is -1.97. The normalized spacial score (nSPS) is 12.1. The van der Waals surface area contributed by atoms with Gasteiger partial charge in [0.25, 0.3) is 0 Å². The summed E-state index contributed by atoms with van der Waals surface area (Å²) in [7, 11) is 0. The summed E-state index contributed by atoms with van der Waals surface area (Å²) in [6.07, 6.45) is 0. The summed E-state index contributed by atoms with van der Waals surface area (Å²) in [5.74, 6) is 0. The van der Waals surface area contributed by atoms with E-state index in [2.05, 4.69) is 202 Å². The monoisotopic (exact) mass is 739 g/mol. The van der Waals surface area contributed by atoms with Crippen LogP contribution in [0.5, 0.6) is 0 Å². The van der Waals surface area contributed by atoms with Crippen molar-refractivity contribution in [3.05, 3.63) is 200 Å². The number of hydrogen-bond acceptors (Lipinski definition) is 1. The molecule has 0 spiro atoms. The van der Waals surface area contributed by atoms with Crippen molar-refractivity contribution in [1.29, 1.82) is 0 Å². The lowest BCUT2D eigenvalue weighted by molar-refractivity contribution is 0.668. The second-order valence-corrected chi connectivity index (χ2v) is 15.3. The maximum atomic E-state index is 6.38. The molecule has 0 aliphatic rings. The number of nitrogens with zero attached hydrogens (tertiary/aromatic N) is 3. The molecule has 0 amide bonds. The van der Waals surface area contributed by atoms with Gasteiger partial charge in [0.1, 0.15) is 11.2 Å². The van der Waals surface area contributed by atoms with Gasteiger partial charge in [-0.2, -0.15) is 0 Å². The van der Waals surface area contributed by atoms with Gasteiger partial charge in [-0.15, -0.1) is 0 Å². The van der Waals surface area contributed by atoms with E-state index < -0.39 is 0 Å². The van der Waals surface area contributed by atoms with Crippen molar-refractivity contribution in [1.82, 2.24) is 13.7 Å². The Morgan fingerprint density at radius 1 is 0.241 bits per heavy atom. The molecule has 0 unspecified atom stereocenters. The molecule has 0 N–H and O–H groups in total. The second-order valence-electron chi connectivity index (χ2n) is 15.3. The van der Waals surface area contributed by atoms with Gasteiger partial charge >= 0.3 is 0 Å². The van der Waals surface area contributed by atoms with Crippen LogP contribution in [0.4, 0.5) is 0 Å². The molecule has 4 heteroatoms. The molecule has 4 heterocycles. The number of aromatic nitrogens is 3. The van der Waals surface area contributed by atoms with Crippen molar-refractivity contribution in [2.24, 2.45) is 0 Å². The molecule has 0 bridgehead atoms. The summed E-state index contributed by atoms with van der Waals surface area (Å²) < 4.78 is 13.6. The van der Waals surface area contributed by atoms with Crippen molar-refractivity contribution < 1.29 is 4.42 Å². The van der Waals surface area contributed by atoms with E-state index in [1.54, 1.807) is 0 Å². The number of para-hydroxylation sites is 5. The van der Waals surface area contributed by atoms with Gasteiger partial charge < -0.3 is 18.1 Å². The average molecular weight is 740 g/mol. The third kappa shape index (κ3) is 4.40. The summed E-state index contributed by atoms with van der Waals surface area (Å²) in [6.45, 7) is 0. The SMILES string of the molecule is c1ccc(-n2c3ccccc3c3cc(-c4ccc5c(c4)c4ccccc4n5-c4ccc5c6ccccc6n(-c6ccc7c(c6)oc6ccccc67)c5c4)ccc32)cc1. The van der Waals surface area contributed by atoms with Crippen molar-refractivity contribution in [3.63, 3.8) is 0 Å². The van der Waals surface area contributed by atoms with Gasteiger partial charge in [0, 0.05) is 66.2 Å². The van der Waals surface area contributed by atoms with Crippen LogP contribution in [0, 0.1) is 0 Å². The molecule has 0 radical (unpaired) electrons. The zero-order valence-corrected chi connectivity index (χ0v) is 31.3. The van der Waals surface area contributed by atoms with Crippen LogP contribution in [0.2, 0.25) is 0 Å². The summed E-state index contributed by atoms with van der Waals surface area (Å²) in [6, 6.07) is 72.6. The predicted molar refractivity (Wildman–Crippen MR) is 242 cm³/mol. The van der Waals surface area contributed by atoms with E-state index in [0.29, 0.717) is 0 Å². The molecule has 0 saturated heterocycles. The highest BCUT2D eigenvalue weighted by Gasteiger charge is 2.19. The number of rotatable bonds is 4. The van der Waals surface area contributed by atoms with E-state index in [1.807, 2.05) is 12.1 Å². The van der Waals surface area contributed by atoms with E-state index in [-0.39, 0.29) is 0 Å². The largest absolute Gasteiger partial charge is 0.456 e. The maximum Gasteiger partial charge on any atom is 0.137 e. The first-order valence-corrected chi connectivity index (χ1v) is 19.8. The Labute approximate surface area is 332 Å². The Morgan fingerprint density at radius 2 is 0.672 bits per heavy atom. The molecule has 270 valence electrons. The Morgan fingerprint density at radius 3 is 1.31 bits per heavy atom. The first kappa shape index (κ1) is 31.4. The molecule has 13 rings (SSSR count). The molecule has 58 heavy (non-hydrogen) atoms. The third-order valence-corrected chi connectivity index (χ3v) is 12.2. The van der Waals surface area contributed by atoms with Crippen molar-refractivity contribution in [3.8, 4) is 28.2 Å². The van der Waals surface area contributed by atoms with Crippen LogP contribution in [0.3, 0.4) is 0 Å². The molecule has 4 nitrogen and oxygen atoms in total. The zero-order valence-electron chi connectivity index (χ0n) is 31.3. The number of furan rings is 1. The van der Waals surface area contributed by atoms with Crippen molar-refractivity contribution in [2.45, 2.75) is 0 Å². The van der Waals surface area contributed by atoms with E-state index in [9.17, 15) is 0 Å². The highest BCUT2D eigenvalue weighted by atomic mass is 16.3. The zero-order chi connectivity index (χ0) is 37.9. The number of fused-ring (bicyclic) bond motifs is 12. The molecule has 13 aromatic rings. The Hall–Kier alpha value is -7.82. The van der Waals surface area contributed by atoms with Crippen LogP contribution in [0.15, 0.2) is 205 Å². The lowest BCUT2D eigenvalue weighted by Gasteiger charge is -2.12. The summed E-state index contributed by atoms with van der Waals surface area (Å²) >= 11 is 0. The van der Waals surface area contributed by atoms with Gasteiger partial charge in [0.15, 0.2) is 0 Å². The minimum absolute atomic E-state index is 0.889. The Balaban J connectivity index is 0.995. The average Bonchev–Trinajstić information content (AvgIpc) is 4.02. The van der Waals surface area contributed by atoms with Gasteiger partial charge in [0.05, 0.1) is 33.1 Å². The van der Waals surface area contributed by atoms with E-state index in [0.717, 1.165) is 38.8 Å². The van der Waals surface area contributed by atoms with Gasteiger partial charge in [0.2, 0.25) is 0 Å². The Bertz CT molecular complexity index is 3800. The summed E-state index contributed by atoms with van der Waals surface area (Å²) in [5, 5.41) is 9.69. The molecule has 0 atom stereocenters. The molecule has 0 aliphatic heterocycles.